The summed E-state index contributed by atoms with van der Waals surface area (Å²) in [6, 6.07) is 13.8. The number of phenolic OH excluding ortho intramolecular Hbond substituents is 2. The zero-order valence-corrected chi connectivity index (χ0v) is 11.9. The monoisotopic (exact) mass is 291 g/mol. The van der Waals surface area contributed by atoms with Crippen molar-refractivity contribution >= 4 is 12.4 Å². The molecule has 3 nitrogen and oxygen atoms in total. The van der Waals surface area contributed by atoms with Crippen molar-refractivity contribution in [2.24, 2.45) is 0 Å². The van der Waals surface area contributed by atoms with Gasteiger partial charge in [0.1, 0.15) is 0 Å². The molecule has 20 heavy (non-hydrogen) atoms. The number of hydrogen-bond donors (Lipinski definition) is 3. The van der Waals surface area contributed by atoms with Crippen molar-refractivity contribution < 1.29 is 10.2 Å². The molecule has 0 saturated heterocycles. The summed E-state index contributed by atoms with van der Waals surface area (Å²) in [6.07, 6.45) is 1.87. The third-order valence-corrected chi connectivity index (χ3v) is 3.70. The first-order valence-corrected chi connectivity index (χ1v) is 6.56. The summed E-state index contributed by atoms with van der Waals surface area (Å²) >= 11 is 0. The molecule has 106 valence electrons. The van der Waals surface area contributed by atoms with E-state index in [1.807, 2.05) is 6.07 Å². The van der Waals surface area contributed by atoms with Crippen molar-refractivity contribution in [1.82, 2.24) is 5.32 Å². The molecule has 1 unspecified atom stereocenters. The van der Waals surface area contributed by atoms with Crippen molar-refractivity contribution in [3.63, 3.8) is 0 Å². The van der Waals surface area contributed by atoms with E-state index in [0.29, 0.717) is 0 Å². The van der Waals surface area contributed by atoms with Crippen LogP contribution in [-0.2, 0) is 12.8 Å². The molecule has 4 heteroatoms. The summed E-state index contributed by atoms with van der Waals surface area (Å²) in [5, 5.41) is 22.4. The Balaban J connectivity index is 0.00000147. The van der Waals surface area contributed by atoms with Crippen molar-refractivity contribution in [1.29, 1.82) is 0 Å². The van der Waals surface area contributed by atoms with Gasteiger partial charge in [-0.1, -0.05) is 30.3 Å². The van der Waals surface area contributed by atoms with Crippen molar-refractivity contribution in [3.05, 3.63) is 59.2 Å². The van der Waals surface area contributed by atoms with Gasteiger partial charge in [0.2, 0.25) is 0 Å². The molecule has 0 aromatic heterocycles. The highest BCUT2D eigenvalue weighted by Crippen LogP contribution is 2.29. The summed E-state index contributed by atoms with van der Waals surface area (Å²) < 4.78 is 0. The Morgan fingerprint density at radius 1 is 1.05 bits per heavy atom. The maximum atomic E-state index is 9.55. The van der Waals surface area contributed by atoms with E-state index in [9.17, 15) is 10.2 Å². The number of phenols is 2. The smallest absolute Gasteiger partial charge is 0.157 e. The first kappa shape index (κ1) is 14.7. The average Bonchev–Trinajstić information content (AvgIpc) is 2.43. The predicted molar refractivity (Wildman–Crippen MR) is 81.6 cm³/mol. The standard InChI is InChI=1S/C16H17NO2.ClH/c18-15-6-5-11(10-16(15)19)9-14-13-4-2-1-3-12(13)7-8-17-14;/h1-6,10,14,17-19H,7-9H2;1H. The molecule has 0 saturated carbocycles. The molecule has 1 atom stereocenters. The Hall–Kier alpha value is -1.71. The number of hydrogen-bond acceptors (Lipinski definition) is 3. The lowest BCUT2D eigenvalue weighted by Crippen LogP contribution is -2.31. The minimum Gasteiger partial charge on any atom is -0.504 e. The van der Waals surface area contributed by atoms with Crippen LogP contribution in [0, 0.1) is 0 Å². The van der Waals surface area contributed by atoms with Gasteiger partial charge in [0.05, 0.1) is 0 Å². The molecular formula is C16H18ClNO2. The quantitative estimate of drug-likeness (QED) is 0.746. The van der Waals surface area contributed by atoms with E-state index in [0.717, 1.165) is 24.9 Å². The van der Waals surface area contributed by atoms with Crippen LogP contribution in [-0.4, -0.2) is 16.8 Å². The molecule has 0 aliphatic carbocycles. The van der Waals surface area contributed by atoms with Gasteiger partial charge >= 0.3 is 0 Å². The van der Waals surface area contributed by atoms with Crippen molar-refractivity contribution in [2.45, 2.75) is 18.9 Å². The van der Waals surface area contributed by atoms with Gasteiger partial charge in [0.15, 0.2) is 11.5 Å². The predicted octanol–water partition coefficient (Wildman–Crippen LogP) is 2.95. The van der Waals surface area contributed by atoms with Crippen molar-refractivity contribution in [3.8, 4) is 11.5 Å². The minimum absolute atomic E-state index is 0. The summed E-state index contributed by atoms with van der Waals surface area (Å²) in [5.74, 6) is -0.123. The summed E-state index contributed by atoms with van der Waals surface area (Å²) in [6.45, 7) is 0.978. The normalized spacial score (nSPS) is 17.1. The van der Waals surface area contributed by atoms with E-state index < -0.39 is 0 Å². The largest absolute Gasteiger partial charge is 0.504 e. The highest BCUT2D eigenvalue weighted by atomic mass is 35.5. The molecule has 3 rings (SSSR count). The molecule has 1 heterocycles. The Morgan fingerprint density at radius 2 is 1.85 bits per heavy atom. The van der Waals surface area contributed by atoms with Crippen LogP contribution < -0.4 is 5.32 Å². The van der Waals surface area contributed by atoms with E-state index in [4.69, 9.17) is 0 Å². The van der Waals surface area contributed by atoms with Gasteiger partial charge in [-0.15, -0.1) is 12.4 Å². The first-order chi connectivity index (χ1) is 9.24. The Morgan fingerprint density at radius 3 is 2.65 bits per heavy atom. The van der Waals surface area contributed by atoms with Gasteiger partial charge in [-0.3, -0.25) is 0 Å². The lowest BCUT2D eigenvalue weighted by atomic mass is 9.90. The Labute approximate surface area is 124 Å². The van der Waals surface area contributed by atoms with Gasteiger partial charge < -0.3 is 15.5 Å². The van der Waals surface area contributed by atoms with E-state index in [1.165, 1.54) is 11.1 Å². The van der Waals surface area contributed by atoms with Crippen LogP contribution in [0.4, 0.5) is 0 Å². The van der Waals surface area contributed by atoms with E-state index >= 15 is 0 Å². The van der Waals surface area contributed by atoms with Gasteiger partial charge in [-0.25, -0.2) is 0 Å². The maximum absolute atomic E-state index is 9.55. The van der Waals surface area contributed by atoms with Crippen LogP contribution in [0.3, 0.4) is 0 Å². The molecule has 1 aliphatic rings. The summed E-state index contributed by atoms with van der Waals surface area (Å²) in [7, 11) is 0. The van der Waals surface area contributed by atoms with Gasteiger partial charge in [0.25, 0.3) is 0 Å². The molecule has 0 fully saturated rings. The number of halogens is 1. The van der Waals surface area contributed by atoms with E-state index in [2.05, 4.69) is 29.6 Å². The molecule has 2 aromatic carbocycles. The van der Waals surface area contributed by atoms with Crippen LogP contribution in [0.15, 0.2) is 42.5 Å². The SMILES string of the molecule is Cl.Oc1ccc(CC2NCCc3ccccc32)cc1O. The molecular weight excluding hydrogens is 274 g/mol. The molecule has 0 spiro atoms. The van der Waals surface area contributed by atoms with Crippen LogP contribution in [0.2, 0.25) is 0 Å². The van der Waals surface area contributed by atoms with E-state index in [-0.39, 0.29) is 29.9 Å². The lowest BCUT2D eigenvalue weighted by Gasteiger charge is -2.27. The fourth-order valence-corrected chi connectivity index (χ4v) is 2.71. The zero-order chi connectivity index (χ0) is 13.2. The molecule has 3 N–H and O–H groups in total. The molecule has 0 amide bonds. The summed E-state index contributed by atoms with van der Waals surface area (Å²) in [5.41, 5.74) is 3.75. The highest BCUT2D eigenvalue weighted by molar-refractivity contribution is 5.85. The molecule has 0 radical (unpaired) electrons. The Kier molecular flexibility index (Phi) is 4.53. The minimum atomic E-state index is -0.0687. The molecule has 1 aliphatic heterocycles. The van der Waals surface area contributed by atoms with Gasteiger partial charge in [-0.2, -0.15) is 0 Å². The zero-order valence-electron chi connectivity index (χ0n) is 11.0. The van der Waals surface area contributed by atoms with Gasteiger partial charge in [-0.05, 0) is 48.2 Å². The first-order valence-electron chi connectivity index (χ1n) is 6.56. The lowest BCUT2D eigenvalue weighted by molar-refractivity contribution is 0.402. The topological polar surface area (TPSA) is 52.5 Å². The van der Waals surface area contributed by atoms with Crippen LogP contribution in [0.1, 0.15) is 22.7 Å². The third-order valence-electron chi connectivity index (χ3n) is 3.70. The Bertz CT molecular complexity index is 601. The number of nitrogens with one attached hydrogen (secondary N) is 1. The number of fused-ring (bicyclic) bond motifs is 1. The summed E-state index contributed by atoms with van der Waals surface area (Å²) in [4.78, 5) is 0. The fraction of sp³-hybridized carbons (Fsp3) is 0.250. The fourth-order valence-electron chi connectivity index (χ4n) is 2.71. The average molecular weight is 292 g/mol. The highest BCUT2D eigenvalue weighted by Gasteiger charge is 2.19. The maximum Gasteiger partial charge on any atom is 0.157 e. The number of aromatic hydroxyl groups is 2. The molecule has 0 bridgehead atoms. The number of rotatable bonds is 2. The van der Waals surface area contributed by atoms with Gasteiger partial charge in [0, 0.05) is 6.04 Å². The number of benzene rings is 2. The van der Waals surface area contributed by atoms with E-state index in [1.54, 1.807) is 12.1 Å². The van der Waals surface area contributed by atoms with Crippen molar-refractivity contribution in [2.75, 3.05) is 6.54 Å². The second-order valence-electron chi connectivity index (χ2n) is 4.98. The third kappa shape index (κ3) is 2.89. The second-order valence-corrected chi connectivity index (χ2v) is 4.98. The van der Waals surface area contributed by atoms with Crippen LogP contribution in [0.25, 0.3) is 0 Å². The van der Waals surface area contributed by atoms with Crippen LogP contribution in [0.5, 0.6) is 11.5 Å². The van der Waals surface area contributed by atoms with Crippen LogP contribution >= 0.6 is 12.4 Å². The molecule has 2 aromatic rings. The second kappa shape index (κ2) is 6.16.